The highest BCUT2D eigenvalue weighted by Crippen LogP contribution is 2.29. The lowest BCUT2D eigenvalue weighted by atomic mass is 10.1. The smallest absolute Gasteiger partial charge is 0.122 e. The molecule has 1 aromatic heterocycles. The van der Waals surface area contributed by atoms with E-state index in [2.05, 4.69) is 44.0 Å². The predicted molar refractivity (Wildman–Crippen MR) is 83.5 cm³/mol. The van der Waals surface area contributed by atoms with Crippen LogP contribution in [0.15, 0.2) is 16.7 Å². The van der Waals surface area contributed by atoms with E-state index < -0.39 is 0 Å². The van der Waals surface area contributed by atoms with Crippen molar-refractivity contribution < 1.29 is 4.42 Å². The van der Waals surface area contributed by atoms with Crippen molar-refractivity contribution in [3.8, 4) is 0 Å². The normalized spacial score (nSPS) is 15.8. The maximum Gasteiger partial charge on any atom is 0.122 e. The first kappa shape index (κ1) is 15.6. The molecule has 3 nitrogen and oxygen atoms in total. The van der Waals surface area contributed by atoms with Crippen molar-refractivity contribution in [2.24, 2.45) is 11.8 Å². The second kappa shape index (κ2) is 7.28. The van der Waals surface area contributed by atoms with Crippen LogP contribution in [0.1, 0.15) is 51.9 Å². The molecule has 1 aliphatic rings. The molecule has 1 heterocycles. The second-order valence-corrected chi connectivity index (χ2v) is 6.95. The largest absolute Gasteiger partial charge is 0.468 e. The lowest BCUT2D eigenvalue weighted by molar-refractivity contribution is 0.224. The van der Waals surface area contributed by atoms with Crippen molar-refractivity contribution in [3.63, 3.8) is 0 Å². The molecule has 1 N–H and O–H groups in total. The molecule has 1 aromatic rings. The summed E-state index contributed by atoms with van der Waals surface area (Å²) in [6.45, 7) is 13.2. The van der Waals surface area contributed by atoms with Crippen LogP contribution in [0.5, 0.6) is 0 Å². The van der Waals surface area contributed by atoms with E-state index in [0.717, 1.165) is 37.4 Å². The van der Waals surface area contributed by atoms with Crippen LogP contribution in [0.3, 0.4) is 0 Å². The Kier molecular flexibility index (Phi) is 5.67. The lowest BCUT2D eigenvalue weighted by Crippen LogP contribution is -2.30. The van der Waals surface area contributed by atoms with Gasteiger partial charge in [0.15, 0.2) is 0 Å². The summed E-state index contributed by atoms with van der Waals surface area (Å²) in [4.78, 5) is 2.63. The number of rotatable bonds is 9. The average molecular weight is 278 g/mol. The molecule has 0 radical (unpaired) electrons. The van der Waals surface area contributed by atoms with Gasteiger partial charge in [-0.2, -0.15) is 0 Å². The number of nitrogens with zero attached hydrogens (tertiary/aromatic N) is 1. The fourth-order valence-electron chi connectivity index (χ4n) is 2.61. The number of nitrogens with one attached hydrogen (secondary N) is 1. The van der Waals surface area contributed by atoms with Gasteiger partial charge in [-0.3, -0.25) is 4.90 Å². The van der Waals surface area contributed by atoms with Gasteiger partial charge in [-0.15, -0.1) is 0 Å². The van der Waals surface area contributed by atoms with Crippen molar-refractivity contribution in [3.05, 3.63) is 23.7 Å². The molecule has 20 heavy (non-hydrogen) atoms. The summed E-state index contributed by atoms with van der Waals surface area (Å²) in [7, 11) is 0. The maximum absolute atomic E-state index is 5.66. The summed E-state index contributed by atoms with van der Waals surface area (Å²) in [5.74, 6) is 2.52. The maximum atomic E-state index is 5.66. The van der Waals surface area contributed by atoms with E-state index in [1.807, 2.05) is 6.26 Å². The third-order valence-corrected chi connectivity index (χ3v) is 3.71. The second-order valence-electron chi connectivity index (χ2n) is 6.95. The highest BCUT2D eigenvalue weighted by molar-refractivity contribution is 5.17. The molecule has 2 rings (SSSR count). The van der Waals surface area contributed by atoms with Gasteiger partial charge in [-0.05, 0) is 37.3 Å². The summed E-state index contributed by atoms with van der Waals surface area (Å²) in [5.41, 5.74) is 1.36. The summed E-state index contributed by atoms with van der Waals surface area (Å²) in [5, 5.41) is 3.47. The summed E-state index contributed by atoms with van der Waals surface area (Å²) in [6.07, 6.45) is 4.57. The van der Waals surface area contributed by atoms with Crippen LogP contribution in [0, 0.1) is 11.8 Å². The zero-order chi connectivity index (χ0) is 14.5. The molecule has 0 atom stereocenters. The van der Waals surface area contributed by atoms with E-state index in [4.69, 9.17) is 4.42 Å². The van der Waals surface area contributed by atoms with Crippen LogP contribution < -0.4 is 5.32 Å². The molecule has 114 valence electrons. The fourth-order valence-corrected chi connectivity index (χ4v) is 2.61. The Balaban J connectivity index is 1.89. The zero-order valence-corrected chi connectivity index (χ0v) is 13.5. The van der Waals surface area contributed by atoms with Gasteiger partial charge in [-0.1, -0.05) is 27.7 Å². The minimum Gasteiger partial charge on any atom is -0.468 e. The highest BCUT2D eigenvalue weighted by atomic mass is 16.3. The quantitative estimate of drug-likeness (QED) is 0.747. The first-order valence-electron chi connectivity index (χ1n) is 8.06. The van der Waals surface area contributed by atoms with Crippen molar-refractivity contribution in [2.75, 3.05) is 13.1 Å². The van der Waals surface area contributed by atoms with E-state index in [9.17, 15) is 0 Å². The Morgan fingerprint density at radius 1 is 1.25 bits per heavy atom. The molecule has 0 aromatic carbocycles. The van der Waals surface area contributed by atoms with Gasteiger partial charge in [0.1, 0.15) is 5.76 Å². The van der Waals surface area contributed by atoms with E-state index in [-0.39, 0.29) is 0 Å². The molecule has 0 unspecified atom stereocenters. The Hall–Kier alpha value is -0.800. The standard InChI is InChI=1S/C17H30N2O/c1-13(2)9-18-10-17-15(7-8-20-17)12-19(11-14(3)4)16-5-6-16/h7-8,13-14,16,18H,5-6,9-12H2,1-4H3. The van der Waals surface area contributed by atoms with Gasteiger partial charge in [-0.25, -0.2) is 0 Å². The van der Waals surface area contributed by atoms with Crippen LogP contribution in [0.4, 0.5) is 0 Å². The van der Waals surface area contributed by atoms with Gasteiger partial charge >= 0.3 is 0 Å². The van der Waals surface area contributed by atoms with Gasteiger partial charge < -0.3 is 9.73 Å². The molecular weight excluding hydrogens is 248 g/mol. The van der Waals surface area contributed by atoms with Gasteiger partial charge in [0.05, 0.1) is 12.8 Å². The third-order valence-electron chi connectivity index (χ3n) is 3.71. The van der Waals surface area contributed by atoms with Gasteiger partial charge in [0, 0.05) is 24.7 Å². The SMILES string of the molecule is CC(C)CNCc1occc1CN(CC(C)C)C1CC1. The van der Waals surface area contributed by atoms with Crippen molar-refractivity contribution in [1.29, 1.82) is 0 Å². The summed E-state index contributed by atoms with van der Waals surface area (Å²) < 4.78 is 5.66. The fraction of sp³-hybridized carbons (Fsp3) is 0.765. The topological polar surface area (TPSA) is 28.4 Å². The van der Waals surface area contributed by atoms with E-state index in [0.29, 0.717) is 5.92 Å². The minimum atomic E-state index is 0.678. The van der Waals surface area contributed by atoms with Crippen LogP contribution >= 0.6 is 0 Å². The van der Waals surface area contributed by atoms with Crippen molar-refractivity contribution in [1.82, 2.24) is 10.2 Å². The van der Waals surface area contributed by atoms with Gasteiger partial charge in [0.25, 0.3) is 0 Å². The van der Waals surface area contributed by atoms with Crippen LogP contribution in [-0.2, 0) is 13.1 Å². The molecule has 0 amide bonds. The molecule has 0 bridgehead atoms. The number of furan rings is 1. The number of hydrogen-bond donors (Lipinski definition) is 1. The Morgan fingerprint density at radius 2 is 2.00 bits per heavy atom. The molecule has 3 heteroatoms. The molecule has 0 saturated heterocycles. The molecule has 0 spiro atoms. The van der Waals surface area contributed by atoms with E-state index >= 15 is 0 Å². The van der Waals surface area contributed by atoms with Crippen LogP contribution in [0.2, 0.25) is 0 Å². The average Bonchev–Trinajstić information content (AvgIpc) is 3.11. The lowest BCUT2D eigenvalue weighted by Gasteiger charge is -2.24. The molecule has 0 aliphatic heterocycles. The number of hydrogen-bond acceptors (Lipinski definition) is 3. The molecule has 1 fully saturated rings. The summed E-state index contributed by atoms with van der Waals surface area (Å²) in [6, 6.07) is 2.95. The molecular formula is C17H30N2O. The first-order chi connectivity index (χ1) is 9.56. The van der Waals surface area contributed by atoms with Crippen LogP contribution in [0.25, 0.3) is 0 Å². The van der Waals surface area contributed by atoms with Crippen molar-refractivity contribution in [2.45, 2.75) is 59.7 Å². The Bertz CT molecular complexity index is 393. The highest BCUT2D eigenvalue weighted by Gasteiger charge is 2.29. The van der Waals surface area contributed by atoms with E-state index in [1.54, 1.807) is 0 Å². The van der Waals surface area contributed by atoms with Crippen LogP contribution in [-0.4, -0.2) is 24.0 Å². The molecule has 1 saturated carbocycles. The van der Waals surface area contributed by atoms with Gasteiger partial charge in [0.2, 0.25) is 0 Å². The van der Waals surface area contributed by atoms with E-state index in [1.165, 1.54) is 24.9 Å². The minimum absolute atomic E-state index is 0.678. The molecule has 1 aliphatic carbocycles. The summed E-state index contributed by atoms with van der Waals surface area (Å²) >= 11 is 0. The van der Waals surface area contributed by atoms with Crippen molar-refractivity contribution >= 4 is 0 Å². The zero-order valence-electron chi connectivity index (χ0n) is 13.5. The Labute approximate surface area is 123 Å². The Morgan fingerprint density at radius 3 is 2.60 bits per heavy atom. The monoisotopic (exact) mass is 278 g/mol. The third kappa shape index (κ3) is 4.95. The first-order valence-corrected chi connectivity index (χ1v) is 8.06. The predicted octanol–water partition coefficient (Wildman–Crippen LogP) is 3.65.